The Hall–Kier alpha value is -2.88. The Kier molecular flexibility index (Phi) is 5.92. The number of halogens is 4. The van der Waals surface area contributed by atoms with Crippen LogP contribution < -0.4 is 4.90 Å². The maximum Gasteiger partial charge on any atom is 0.417 e. The lowest BCUT2D eigenvalue weighted by Crippen LogP contribution is -2.35. The zero-order valence-corrected chi connectivity index (χ0v) is 15.8. The van der Waals surface area contributed by atoms with E-state index in [0.717, 1.165) is 18.3 Å². The van der Waals surface area contributed by atoms with E-state index < -0.39 is 16.7 Å². The van der Waals surface area contributed by atoms with Crippen molar-refractivity contribution in [2.75, 3.05) is 31.1 Å². The van der Waals surface area contributed by atoms with Crippen LogP contribution in [0.2, 0.25) is 5.02 Å². The van der Waals surface area contributed by atoms with Gasteiger partial charge in [-0.05, 0) is 24.6 Å². The molecule has 0 radical (unpaired) electrons. The fourth-order valence-corrected chi connectivity index (χ4v) is 3.31. The molecule has 1 amide bonds. The Labute approximate surface area is 168 Å². The minimum atomic E-state index is -4.45. The number of anilines is 1. The van der Waals surface area contributed by atoms with E-state index in [-0.39, 0.29) is 22.2 Å². The van der Waals surface area contributed by atoms with Gasteiger partial charge in [-0.2, -0.15) is 13.2 Å². The highest BCUT2D eigenvalue weighted by atomic mass is 35.5. The topological polar surface area (TPSA) is 79.6 Å². The minimum Gasteiger partial charge on any atom is -0.355 e. The standard InChI is InChI=1S/C18H16ClF3N4O3/c19-15-10-13(26(28)29)3-4-14(15)17(27)25-7-1-6-24(8-9-25)16-5-2-12(11-23-16)18(20,21)22/h2-5,10-11H,1,6-9H2. The second kappa shape index (κ2) is 8.24. The molecule has 1 aliphatic rings. The molecule has 3 rings (SSSR count). The molecule has 0 unspecified atom stereocenters. The van der Waals surface area contributed by atoms with Gasteiger partial charge in [0.05, 0.1) is 21.1 Å². The summed E-state index contributed by atoms with van der Waals surface area (Å²) < 4.78 is 38.1. The lowest BCUT2D eigenvalue weighted by Gasteiger charge is -2.23. The van der Waals surface area contributed by atoms with E-state index in [1.54, 1.807) is 4.90 Å². The van der Waals surface area contributed by atoms with E-state index >= 15 is 0 Å². The SMILES string of the molecule is O=C(c1ccc([N+](=O)[O-])cc1Cl)N1CCCN(c2ccc(C(F)(F)F)cn2)CC1. The first kappa shape index (κ1) is 20.8. The number of pyridine rings is 1. The zero-order valence-electron chi connectivity index (χ0n) is 15.0. The third-order valence-electron chi connectivity index (χ3n) is 4.58. The van der Waals surface area contributed by atoms with Gasteiger partial charge in [-0.3, -0.25) is 14.9 Å². The van der Waals surface area contributed by atoms with E-state index in [9.17, 15) is 28.1 Å². The van der Waals surface area contributed by atoms with Crippen LogP contribution in [0.3, 0.4) is 0 Å². The third-order valence-corrected chi connectivity index (χ3v) is 4.89. The van der Waals surface area contributed by atoms with Crippen LogP contribution in [0, 0.1) is 10.1 Å². The summed E-state index contributed by atoms with van der Waals surface area (Å²) >= 11 is 6.04. The second-order valence-electron chi connectivity index (χ2n) is 6.46. The number of aromatic nitrogens is 1. The van der Waals surface area contributed by atoms with Crippen molar-refractivity contribution in [1.82, 2.24) is 9.88 Å². The highest BCUT2D eigenvalue weighted by molar-refractivity contribution is 6.34. The molecule has 0 bridgehead atoms. The highest BCUT2D eigenvalue weighted by Gasteiger charge is 2.31. The number of non-ortho nitro benzene ring substituents is 1. The number of benzene rings is 1. The number of nitro benzene ring substituents is 1. The summed E-state index contributed by atoms with van der Waals surface area (Å²) in [5.41, 5.74) is -0.860. The Morgan fingerprint density at radius 1 is 1.14 bits per heavy atom. The quantitative estimate of drug-likeness (QED) is 0.545. The summed E-state index contributed by atoms with van der Waals surface area (Å²) in [5.74, 6) is 0.0489. The Morgan fingerprint density at radius 2 is 1.90 bits per heavy atom. The Morgan fingerprint density at radius 3 is 2.48 bits per heavy atom. The number of carbonyl (C=O) groups excluding carboxylic acids is 1. The van der Waals surface area contributed by atoms with Gasteiger partial charge in [0.2, 0.25) is 0 Å². The molecule has 0 spiro atoms. The van der Waals surface area contributed by atoms with Gasteiger partial charge in [0.1, 0.15) is 5.82 Å². The first-order valence-corrected chi connectivity index (χ1v) is 9.06. The summed E-state index contributed by atoms with van der Waals surface area (Å²) in [6.07, 6.45) is -3.07. The molecule has 154 valence electrons. The third kappa shape index (κ3) is 4.76. The highest BCUT2D eigenvalue weighted by Crippen LogP contribution is 2.29. The number of amides is 1. The molecule has 1 aromatic carbocycles. The van der Waals surface area contributed by atoms with E-state index in [1.807, 2.05) is 4.90 Å². The Bertz CT molecular complexity index is 922. The average Bonchev–Trinajstić information content (AvgIpc) is 2.93. The summed E-state index contributed by atoms with van der Waals surface area (Å²) in [7, 11) is 0. The molecule has 29 heavy (non-hydrogen) atoms. The number of nitrogens with zero attached hydrogens (tertiary/aromatic N) is 4. The maximum atomic E-state index is 12.8. The van der Waals surface area contributed by atoms with Gasteiger partial charge >= 0.3 is 6.18 Å². The number of carbonyl (C=O) groups is 1. The molecule has 1 saturated heterocycles. The predicted octanol–water partition coefficient (Wildman–Crippen LogP) is 4.01. The first-order chi connectivity index (χ1) is 13.7. The molecule has 2 aromatic rings. The number of nitro groups is 1. The van der Waals surface area contributed by atoms with Crippen molar-refractivity contribution >= 4 is 29.0 Å². The van der Waals surface area contributed by atoms with Gasteiger partial charge in [0.15, 0.2) is 0 Å². The van der Waals surface area contributed by atoms with Crippen LogP contribution in [0.25, 0.3) is 0 Å². The molecule has 0 atom stereocenters. The summed E-state index contributed by atoms with van der Waals surface area (Å²) in [6, 6.07) is 5.96. The van der Waals surface area contributed by atoms with Crippen molar-refractivity contribution in [2.45, 2.75) is 12.6 Å². The predicted molar refractivity (Wildman–Crippen MR) is 100 cm³/mol. The van der Waals surface area contributed by atoms with Crippen molar-refractivity contribution in [2.24, 2.45) is 0 Å². The van der Waals surface area contributed by atoms with E-state index in [4.69, 9.17) is 11.6 Å². The van der Waals surface area contributed by atoms with E-state index in [2.05, 4.69) is 4.98 Å². The van der Waals surface area contributed by atoms with Crippen LogP contribution in [-0.4, -0.2) is 46.9 Å². The monoisotopic (exact) mass is 428 g/mol. The van der Waals surface area contributed by atoms with E-state index in [0.29, 0.717) is 38.4 Å². The molecule has 0 N–H and O–H groups in total. The van der Waals surface area contributed by atoms with Crippen molar-refractivity contribution in [1.29, 1.82) is 0 Å². The van der Waals surface area contributed by atoms with Crippen LogP contribution in [0.1, 0.15) is 22.3 Å². The molecule has 1 fully saturated rings. The summed E-state index contributed by atoms with van der Waals surface area (Å²) in [4.78, 5) is 30.2. The van der Waals surface area contributed by atoms with Crippen molar-refractivity contribution in [3.8, 4) is 0 Å². The summed E-state index contributed by atoms with van der Waals surface area (Å²) in [6.45, 7) is 1.64. The van der Waals surface area contributed by atoms with Crippen LogP contribution >= 0.6 is 11.6 Å². The lowest BCUT2D eigenvalue weighted by molar-refractivity contribution is -0.384. The number of alkyl halides is 3. The van der Waals surface area contributed by atoms with Gasteiger partial charge in [0, 0.05) is 44.5 Å². The number of rotatable bonds is 3. The fraction of sp³-hybridized carbons (Fsp3) is 0.333. The molecular formula is C18H16ClF3N4O3. The molecule has 1 aromatic heterocycles. The molecular weight excluding hydrogens is 413 g/mol. The Balaban J connectivity index is 1.69. The summed E-state index contributed by atoms with van der Waals surface area (Å²) in [5, 5.41) is 10.8. The fourth-order valence-electron chi connectivity index (χ4n) is 3.05. The minimum absolute atomic E-state index is 0.00490. The number of hydrogen-bond acceptors (Lipinski definition) is 5. The van der Waals surface area contributed by atoms with Gasteiger partial charge in [-0.15, -0.1) is 0 Å². The zero-order chi connectivity index (χ0) is 21.2. The van der Waals surface area contributed by atoms with Gasteiger partial charge < -0.3 is 9.80 Å². The largest absolute Gasteiger partial charge is 0.417 e. The smallest absolute Gasteiger partial charge is 0.355 e. The molecule has 7 nitrogen and oxygen atoms in total. The molecule has 11 heteroatoms. The first-order valence-electron chi connectivity index (χ1n) is 8.68. The molecule has 2 heterocycles. The van der Waals surface area contributed by atoms with Crippen molar-refractivity contribution in [3.63, 3.8) is 0 Å². The van der Waals surface area contributed by atoms with Gasteiger partial charge in [0.25, 0.3) is 11.6 Å². The van der Waals surface area contributed by atoms with Crippen LogP contribution in [-0.2, 0) is 6.18 Å². The van der Waals surface area contributed by atoms with Gasteiger partial charge in [-0.25, -0.2) is 4.98 Å². The second-order valence-corrected chi connectivity index (χ2v) is 6.86. The molecule has 1 aliphatic heterocycles. The van der Waals surface area contributed by atoms with Crippen LogP contribution in [0.4, 0.5) is 24.7 Å². The normalized spacial score (nSPS) is 15.2. The van der Waals surface area contributed by atoms with Gasteiger partial charge in [-0.1, -0.05) is 11.6 Å². The molecule has 0 saturated carbocycles. The average molecular weight is 429 g/mol. The maximum absolute atomic E-state index is 12.8. The lowest BCUT2D eigenvalue weighted by atomic mass is 10.1. The van der Waals surface area contributed by atoms with Crippen LogP contribution in [0.15, 0.2) is 36.5 Å². The van der Waals surface area contributed by atoms with Crippen molar-refractivity contribution < 1.29 is 22.9 Å². The van der Waals surface area contributed by atoms with Crippen molar-refractivity contribution in [3.05, 3.63) is 62.8 Å². The molecule has 0 aliphatic carbocycles. The van der Waals surface area contributed by atoms with Crippen LogP contribution in [0.5, 0.6) is 0 Å². The van der Waals surface area contributed by atoms with E-state index in [1.165, 1.54) is 18.2 Å². The number of hydrogen-bond donors (Lipinski definition) is 0.